The minimum absolute atomic E-state index is 0.154. The molecule has 0 unspecified atom stereocenters. The Kier molecular flexibility index (Phi) is 4.68. The molecule has 0 atom stereocenters. The van der Waals surface area contributed by atoms with Gasteiger partial charge in [-0.1, -0.05) is 6.07 Å². The number of rotatable bonds is 4. The van der Waals surface area contributed by atoms with Crippen molar-refractivity contribution in [3.8, 4) is 0 Å². The van der Waals surface area contributed by atoms with Crippen LogP contribution in [0.25, 0.3) is 0 Å². The fraction of sp³-hybridized carbons (Fsp3) is 0.429. The summed E-state index contributed by atoms with van der Waals surface area (Å²) in [5, 5.41) is 0. The van der Waals surface area contributed by atoms with Crippen LogP contribution in [0.4, 0.5) is 4.39 Å². The van der Waals surface area contributed by atoms with Crippen molar-refractivity contribution < 1.29 is 14.0 Å². The highest BCUT2D eigenvalue weighted by atomic mass is 19.1. The van der Waals surface area contributed by atoms with Gasteiger partial charge < -0.3 is 10.6 Å². The predicted molar refractivity (Wildman–Crippen MR) is 72.6 cm³/mol. The Morgan fingerprint density at radius 3 is 2.50 bits per heavy atom. The molecule has 6 heteroatoms. The van der Waals surface area contributed by atoms with Gasteiger partial charge in [0.2, 0.25) is 5.91 Å². The predicted octanol–water partition coefficient (Wildman–Crippen LogP) is 0.459. The SMILES string of the molecule is NC(=O)CCN1CCN(C(=O)c2cccc(F)c2)CC1. The van der Waals surface area contributed by atoms with Crippen LogP contribution in [0.2, 0.25) is 0 Å². The second kappa shape index (κ2) is 6.47. The third kappa shape index (κ3) is 3.77. The number of piperazine rings is 1. The Labute approximate surface area is 117 Å². The third-order valence-corrected chi connectivity index (χ3v) is 3.41. The first kappa shape index (κ1) is 14.5. The van der Waals surface area contributed by atoms with E-state index in [-0.39, 0.29) is 11.8 Å². The first-order chi connectivity index (χ1) is 9.56. The molecule has 1 aromatic rings. The van der Waals surface area contributed by atoms with Gasteiger partial charge in [-0.25, -0.2) is 4.39 Å². The molecular weight excluding hydrogens is 261 g/mol. The van der Waals surface area contributed by atoms with E-state index in [0.29, 0.717) is 44.7 Å². The summed E-state index contributed by atoms with van der Waals surface area (Å²) in [5.41, 5.74) is 5.48. The average Bonchev–Trinajstić information content (AvgIpc) is 2.45. The Morgan fingerprint density at radius 2 is 1.90 bits per heavy atom. The Bertz CT molecular complexity index is 499. The smallest absolute Gasteiger partial charge is 0.254 e. The molecule has 20 heavy (non-hydrogen) atoms. The zero-order valence-corrected chi connectivity index (χ0v) is 11.2. The number of hydrogen-bond donors (Lipinski definition) is 1. The van der Waals surface area contributed by atoms with E-state index in [1.54, 1.807) is 11.0 Å². The average molecular weight is 279 g/mol. The summed E-state index contributed by atoms with van der Waals surface area (Å²) in [6.07, 6.45) is 0.331. The van der Waals surface area contributed by atoms with Gasteiger partial charge in [0.15, 0.2) is 0 Å². The van der Waals surface area contributed by atoms with Crippen molar-refractivity contribution in [1.82, 2.24) is 9.80 Å². The molecule has 1 saturated heterocycles. The van der Waals surface area contributed by atoms with Crippen LogP contribution in [0, 0.1) is 5.82 Å². The fourth-order valence-corrected chi connectivity index (χ4v) is 2.25. The summed E-state index contributed by atoms with van der Waals surface area (Å²) < 4.78 is 13.1. The van der Waals surface area contributed by atoms with E-state index in [0.717, 1.165) is 0 Å². The van der Waals surface area contributed by atoms with E-state index in [9.17, 15) is 14.0 Å². The van der Waals surface area contributed by atoms with Crippen molar-refractivity contribution in [2.45, 2.75) is 6.42 Å². The number of halogens is 1. The molecule has 1 aliphatic rings. The lowest BCUT2D eigenvalue weighted by Crippen LogP contribution is -2.49. The summed E-state index contributed by atoms with van der Waals surface area (Å²) in [6.45, 7) is 3.18. The van der Waals surface area contributed by atoms with Crippen LogP contribution in [0.1, 0.15) is 16.8 Å². The van der Waals surface area contributed by atoms with Gasteiger partial charge in [-0.15, -0.1) is 0 Å². The van der Waals surface area contributed by atoms with Crippen LogP contribution in [-0.4, -0.2) is 54.3 Å². The highest BCUT2D eigenvalue weighted by Gasteiger charge is 2.22. The van der Waals surface area contributed by atoms with Gasteiger partial charge in [0.05, 0.1) is 0 Å². The number of amides is 2. The number of nitrogens with two attached hydrogens (primary N) is 1. The summed E-state index contributed by atoms with van der Waals surface area (Å²) >= 11 is 0. The van der Waals surface area contributed by atoms with Gasteiger partial charge in [0.1, 0.15) is 5.82 Å². The summed E-state index contributed by atoms with van der Waals surface area (Å²) in [4.78, 5) is 26.7. The van der Waals surface area contributed by atoms with Crippen LogP contribution in [-0.2, 0) is 4.79 Å². The number of carbonyl (C=O) groups excluding carboxylic acids is 2. The highest BCUT2D eigenvalue weighted by molar-refractivity contribution is 5.94. The molecule has 0 saturated carbocycles. The molecule has 0 bridgehead atoms. The van der Waals surface area contributed by atoms with Gasteiger partial charge in [-0.3, -0.25) is 14.5 Å². The van der Waals surface area contributed by atoms with Gasteiger partial charge in [-0.2, -0.15) is 0 Å². The molecule has 5 nitrogen and oxygen atoms in total. The molecule has 1 heterocycles. The third-order valence-electron chi connectivity index (χ3n) is 3.41. The maximum absolute atomic E-state index is 13.1. The van der Waals surface area contributed by atoms with E-state index < -0.39 is 5.82 Å². The van der Waals surface area contributed by atoms with Crippen molar-refractivity contribution in [3.05, 3.63) is 35.6 Å². The van der Waals surface area contributed by atoms with Gasteiger partial charge in [0, 0.05) is 44.7 Å². The normalized spacial score (nSPS) is 16.1. The number of benzene rings is 1. The lowest BCUT2D eigenvalue weighted by Gasteiger charge is -2.34. The molecule has 1 aromatic carbocycles. The molecule has 0 radical (unpaired) electrons. The Balaban J connectivity index is 1.87. The topological polar surface area (TPSA) is 66.6 Å². The minimum Gasteiger partial charge on any atom is -0.370 e. The van der Waals surface area contributed by atoms with Gasteiger partial charge >= 0.3 is 0 Å². The Hall–Kier alpha value is -1.95. The number of nitrogens with zero attached hydrogens (tertiary/aromatic N) is 2. The first-order valence-corrected chi connectivity index (χ1v) is 6.62. The fourth-order valence-electron chi connectivity index (χ4n) is 2.25. The standard InChI is InChI=1S/C14H18FN3O2/c15-12-3-1-2-11(10-12)14(20)18-8-6-17(7-9-18)5-4-13(16)19/h1-3,10H,4-9H2,(H2,16,19). The van der Waals surface area contributed by atoms with Crippen LogP contribution in [0.5, 0.6) is 0 Å². The van der Waals surface area contributed by atoms with Crippen LogP contribution < -0.4 is 5.73 Å². The summed E-state index contributed by atoms with van der Waals surface area (Å²) in [7, 11) is 0. The van der Waals surface area contributed by atoms with E-state index in [1.807, 2.05) is 0 Å². The second-order valence-electron chi connectivity index (χ2n) is 4.86. The first-order valence-electron chi connectivity index (χ1n) is 6.62. The van der Waals surface area contributed by atoms with Crippen molar-refractivity contribution in [2.75, 3.05) is 32.7 Å². The van der Waals surface area contributed by atoms with Crippen molar-refractivity contribution in [1.29, 1.82) is 0 Å². The second-order valence-corrected chi connectivity index (χ2v) is 4.86. The maximum Gasteiger partial charge on any atom is 0.254 e. The maximum atomic E-state index is 13.1. The van der Waals surface area contributed by atoms with Gasteiger partial charge in [-0.05, 0) is 18.2 Å². The molecule has 0 aromatic heterocycles. The van der Waals surface area contributed by atoms with E-state index in [4.69, 9.17) is 5.73 Å². The van der Waals surface area contributed by atoms with Crippen molar-refractivity contribution >= 4 is 11.8 Å². The molecule has 2 rings (SSSR count). The molecule has 0 spiro atoms. The van der Waals surface area contributed by atoms with Crippen LogP contribution >= 0.6 is 0 Å². The molecule has 1 aliphatic heterocycles. The summed E-state index contributed by atoms with van der Waals surface area (Å²) in [6, 6.07) is 5.72. The number of carbonyl (C=O) groups is 2. The number of hydrogen-bond acceptors (Lipinski definition) is 3. The molecule has 0 aliphatic carbocycles. The van der Waals surface area contributed by atoms with Crippen molar-refractivity contribution in [3.63, 3.8) is 0 Å². The van der Waals surface area contributed by atoms with Gasteiger partial charge in [0.25, 0.3) is 5.91 Å². The zero-order chi connectivity index (χ0) is 14.5. The zero-order valence-electron chi connectivity index (χ0n) is 11.2. The van der Waals surface area contributed by atoms with E-state index in [2.05, 4.69) is 4.90 Å². The minimum atomic E-state index is -0.407. The monoisotopic (exact) mass is 279 g/mol. The number of primary amides is 1. The highest BCUT2D eigenvalue weighted by Crippen LogP contribution is 2.10. The Morgan fingerprint density at radius 1 is 1.20 bits per heavy atom. The summed E-state index contributed by atoms with van der Waals surface area (Å²) in [5.74, 6) is -0.877. The van der Waals surface area contributed by atoms with Crippen LogP contribution in [0.3, 0.4) is 0 Å². The van der Waals surface area contributed by atoms with E-state index in [1.165, 1.54) is 18.2 Å². The van der Waals surface area contributed by atoms with E-state index >= 15 is 0 Å². The molecule has 2 N–H and O–H groups in total. The largest absolute Gasteiger partial charge is 0.370 e. The molecule has 1 fully saturated rings. The molecular formula is C14H18FN3O2. The molecule has 2 amide bonds. The lowest BCUT2D eigenvalue weighted by molar-refractivity contribution is -0.118. The van der Waals surface area contributed by atoms with Crippen molar-refractivity contribution in [2.24, 2.45) is 5.73 Å². The lowest BCUT2D eigenvalue weighted by atomic mass is 10.1. The quantitative estimate of drug-likeness (QED) is 0.870. The van der Waals surface area contributed by atoms with Crippen LogP contribution in [0.15, 0.2) is 24.3 Å². The molecule has 108 valence electrons.